The summed E-state index contributed by atoms with van der Waals surface area (Å²) >= 11 is 0. The highest BCUT2D eigenvalue weighted by atomic mass is 32.2. The van der Waals surface area contributed by atoms with Gasteiger partial charge in [-0.3, -0.25) is 9.52 Å². The van der Waals surface area contributed by atoms with Crippen molar-refractivity contribution in [3.63, 3.8) is 0 Å². The van der Waals surface area contributed by atoms with Gasteiger partial charge in [-0.1, -0.05) is 42.5 Å². The van der Waals surface area contributed by atoms with E-state index < -0.39 is 21.6 Å². The number of hydrogen-bond acceptors (Lipinski definition) is 3. The number of Topliss-reactive ketones (excluding diaryl/α,β-unsaturated/α-hetero) is 1. The van der Waals surface area contributed by atoms with E-state index in [2.05, 4.69) is 4.72 Å². The van der Waals surface area contributed by atoms with E-state index in [-0.39, 0.29) is 0 Å². The van der Waals surface area contributed by atoms with Crippen LogP contribution in [-0.2, 0) is 10.0 Å². The van der Waals surface area contributed by atoms with E-state index in [1.807, 2.05) is 19.9 Å². The minimum Gasteiger partial charge on any atom is -0.293 e. The third kappa shape index (κ3) is 3.92. The van der Waals surface area contributed by atoms with E-state index in [1.165, 1.54) is 0 Å². The Morgan fingerprint density at radius 1 is 1.00 bits per heavy atom. The molecule has 0 radical (unpaired) electrons. The number of carbonyl (C=O) groups is 1. The lowest BCUT2D eigenvalue weighted by Crippen LogP contribution is -2.23. The number of carbonyl (C=O) groups excluding carboxylic acids is 1. The second-order valence-electron chi connectivity index (χ2n) is 4.90. The topological polar surface area (TPSA) is 63.2 Å². The van der Waals surface area contributed by atoms with Crippen LogP contribution in [0, 0.1) is 13.8 Å². The molecule has 0 aromatic heterocycles. The van der Waals surface area contributed by atoms with Crippen LogP contribution in [0.4, 0.5) is 5.69 Å². The summed E-state index contributed by atoms with van der Waals surface area (Å²) < 4.78 is 26.7. The Balaban J connectivity index is 2.16. The summed E-state index contributed by atoms with van der Waals surface area (Å²) in [6.45, 7) is 3.74. The minimum atomic E-state index is -3.72. The Morgan fingerprint density at radius 3 is 2.33 bits per heavy atom. The smallest absolute Gasteiger partial charge is 0.240 e. The first-order valence-corrected chi connectivity index (χ1v) is 8.19. The molecule has 0 heterocycles. The molecule has 2 aromatic carbocycles. The van der Waals surface area contributed by atoms with E-state index in [4.69, 9.17) is 0 Å². The molecule has 0 saturated heterocycles. The molecule has 0 fully saturated rings. The Hall–Kier alpha value is -2.14. The van der Waals surface area contributed by atoms with Gasteiger partial charge in [0.05, 0.1) is 5.69 Å². The van der Waals surface area contributed by atoms with Crippen molar-refractivity contribution in [3.8, 4) is 0 Å². The maximum atomic E-state index is 12.1. The molecule has 0 saturated carbocycles. The van der Waals surface area contributed by atoms with Crippen LogP contribution >= 0.6 is 0 Å². The van der Waals surface area contributed by atoms with Crippen LogP contribution in [0.2, 0.25) is 0 Å². The third-order valence-electron chi connectivity index (χ3n) is 3.29. The van der Waals surface area contributed by atoms with E-state index in [0.29, 0.717) is 11.3 Å². The largest absolute Gasteiger partial charge is 0.293 e. The van der Waals surface area contributed by atoms with Gasteiger partial charge >= 0.3 is 0 Å². The van der Waals surface area contributed by atoms with Crippen LogP contribution in [0.1, 0.15) is 21.5 Å². The van der Waals surface area contributed by atoms with Gasteiger partial charge in [0.25, 0.3) is 0 Å². The molecule has 0 unspecified atom stereocenters. The highest BCUT2D eigenvalue weighted by Crippen LogP contribution is 2.19. The first kappa shape index (κ1) is 15.3. The molecule has 0 aliphatic heterocycles. The van der Waals surface area contributed by atoms with Gasteiger partial charge in [0.2, 0.25) is 10.0 Å². The second-order valence-corrected chi connectivity index (χ2v) is 6.62. The fourth-order valence-electron chi connectivity index (χ4n) is 1.95. The molecule has 5 heteroatoms. The van der Waals surface area contributed by atoms with E-state index >= 15 is 0 Å². The maximum Gasteiger partial charge on any atom is 0.240 e. The number of benzene rings is 2. The van der Waals surface area contributed by atoms with Gasteiger partial charge < -0.3 is 0 Å². The molecule has 0 atom stereocenters. The van der Waals surface area contributed by atoms with Crippen molar-refractivity contribution in [2.24, 2.45) is 0 Å². The molecular formula is C16H17NO3S. The van der Waals surface area contributed by atoms with Crippen LogP contribution in [-0.4, -0.2) is 20.0 Å². The monoisotopic (exact) mass is 303 g/mol. The lowest BCUT2D eigenvalue weighted by Gasteiger charge is -2.11. The summed E-state index contributed by atoms with van der Waals surface area (Å²) in [4.78, 5) is 12.0. The zero-order valence-corrected chi connectivity index (χ0v) is 12.8. The van der Waals surface area contributed by atoms with E-state index in [0.717, 1.165) is 11.1 Å². The van der Waals surface area contributed by atoms with Crippen molar-refractivity contribution < 1.29 is 13.2 Å². The fourth-order valence-corrected chi connectivity index (χ4v) is 3.09. The number of aryl methyl sites for hydroxylation is 1. The van der Waals surface area contributed by atoms with Gasteiger partial charge in [0, 0.05) is 5.56 Å². The molecule has 21 heavy (non-hydrogen) atoms. The van der Waals surface area contributed by atoms with Crippen LogP contribution in [0.15, 0.2) is 48.5 Å². The zero-order chi connectivity index (χ0) is 15.5. The van der Waals surface area contributed by atoms with Crippen molar-refractivity contribution in [2.45, 2.75) is 13.8 Å². The summed E-state index contributed by atoms with van der Waals surface area (Å²) in [6.07, 6.45) is 0. The summed E-state index contributed by atoms with van der Waals surface area (Å²) in [5, 5.41) is 0. The van der Waals surface area contributed by atoms with Crippen LogP contribution in [0.3, 0.4) is 0 Å². The predicted octanol–water partition coefficient (Wildman–Crippen LogP) is 2.93. The lowest BCUT2D eigenvalue weighted by molar-refractivity contribution is 0.102. The average molecular weight is 303 g/mol. The van der Waals surface area contributed by atoms with E-state index in [1.54, 1.807) is 42.5 Å². The van der Waals surface area contributed by atoms with Crippen molar-refractivity contribution in [1.29, 1.82) is 0 Å². The van der Waals surface area contributed by atoms with Crippen LogP contribution in [0.5, 0.6) is 0 Å². The predicted molar refractivity (Wildman–Crippen MR) is 84.1 cm³/mol. The standard InChI is InChI=1S/C16H17NO3S/c1-12-7-6-10-15(13(12)2)17-21(19,20)11-16(18)14-8-4-3-5-9-14/h3-10,17H,11H2,1-2H3. The van der Waals surface area contributed by atoms with Crippen molar-refractivity contribution in [3.05, 3.63) is 65.2 Å². The Kier molecular flexibility index (Phi) is 4.43. The third-order valence-corrected chi connectivity index (χ3v) is 4.46. The Labute approximate surface area is 124 Å². The number of rotatable bonds is 5. The van der Waals surface area contributed by atoms with Crippen molar-refractivity contribution >= 4 is 21.5 Å². The average Bonchev–Trinajstić information content (AvgIpc) is 2.44. The Bertz CT molecular complexity index is 752. The maximum absolute atomic E-state index is 12.1. The second kappa shape index (κ2) is 6.10. The summed E-state index contributed by atoms with van der Waals surface area (Å²) in [6, 6.07) is 13.8. The fraction of sp³-hybridized carbons (Fsp3) is 0.188. The summed E-state index contributed by atoms with van der Waals surface area (Å²) in [5.41, 5.74) is 2.75. The molecule has 2 aromatic rings. The molecule has 0 aliphatic rings. The van der Waals surface area contributed by atoms with Gasteiger partial charge in [0.15, 0.2) is 5.78 Å². The first-order chi connectivity index (χ1) is 9.89. The van der Waals surface area contributed by atoms with Gasteiger partial charge in [0.1, 0.15) is 5.75 Å². The normalized spacial score (nSPS) is 11.1. The molecule has 0 aliphatic carbocycles. The number of ketones is 1. The van der Waals surface area contributed by atoms with Crippen molar-refractivity contribution in [1.82, 2.24) is 0 Å². The molecule has 0 amide bonds. The highest BCUT2D eigenvalue weighted by molar-refractivity contribution is 7.93. The molecule has 110 valence electrons. The molecule has 4 nitrogen and oxygen atoms in total. The van der Waals surface area contributed by atoms with Crippen LogP contribution in [0.25, 0.3) is 0 Å². The van der Waals surface area contributed by atoms with E-state index in [9.17, 15) is 13.2 Å². The number of nitrogens with one attached hydrogen (secondary N) is 1. The SMILES string of the molecule is Cc1cccc(NS(=O)(=O)CC(=O)c2ccccc2)c1C. The molecule has 2 rings (SSSR count). The van der Waals surface area contributed by atoms with Crippen LogP contribution < -0.4 is 4.72 Å². The highest BCUT2D eigenvalue weighted by Gasteiger charge is 2.18. The number of hydrogen-bond donors (Lipinski definition) is 1. The Morgan fingerprint density at radius 2 is 1.67 bits per heavy atom. The molecular weight excluding hydrogens is 286 g/mol. The van der Waals surface area contributed by atoms with Gasteiger partial charge in [-0.15, -0.1) is 0 Å². The molecule has 0 bridgehead atoms. The number of anilines is 1. The lowest BCUT2D eigenvalue weighted by atomic mass is 10.1. The zero-order valence-electron chi connectivity index (χ0n) is 12.0. The van der Waals surface area contributed by atoms with Gasteiger partial charge in [-0.05, 0) is 31.0 Å². The quantitative estimate of drug-likeness (QED) is 0.864. The summed E-state index contributed by atoms with van der Waals surface area (Å²) in [5.74, 6) is -0.988. The van der Waals surface area contributed by atoms with Gasteiger partial charge in [-0.2, -0.15) is 0 Å². The number of sulfonamides is 1. The molecule has 0 spiro atoms. The minimum absolute atomic E-state index is 0.392. The summed E-state index contributed by atoms with van der Waals surface area (Å²) in [7, 11) is -3.72. The molecule has 1 N–H and O–H groups in total. The first-order valence-electron chi connectivity index (χ1n) is 6.54. The van der Waals surface area contributed by atoms with Crippen molar-refractivity contribution in [2.75, 3.05) is 10.5 Å². The van der Waals surface area contributed by atoms with Gasteiger partial charge in [-0.25, -0.2) is 8.42 Å².